The number of carboxylic acids is 1. The van der Waals surface area contributed by atoms with Gasteiger partial charge in [-0.1, -0.05) is 0 Å². The monoisotopic (exact) mass is 442 g/mol. The molecule has 150 valence electrons. The standard InChI is InChI=1S/C18H10F4N2O3S2/c19-7-3-10(22)16-11(4-7)24(18(27)12(28-16)5-14(25)26)6-13-23-15-8(20)1-2-9(21)17(15)29-13/h1-4,12H,5-6H2,(H,25,26). The first-order chi connectivity index (χ1) is 13.7. The van der Waals surface area contributed by atoms with Crippen molar-refractivity contribution in [1.82, 2.24) is 4.98 Å². The minimum Gasteiger partial charge on any atom is -0.481 e. The zero-order chi connectivity index (χ0) is 20.9. The third-order valence-corrected chi connectivity index (χ3v) is 6.57. The number of thioether (sulfide) groups is 1. The Morgan fingerprint density at radius 1 is 1.14 bits per heavy atom. The highest BCUT2D eigenvalue weighted by Gasteiger charge is 2.37. The van der Waals surface area contributed by atoms with Crippen molar-refractivity contribution in [3.8, 4) is 0 Å². The molecule has 1 amide bonds. The van der Waals surface area contributed by atoms with Crippen LogP contribution in [0.1, 0.15) is 11.4 Å². The van der Waals surface area contributed by atoms with Crippen molar-refractivity contribution in [1.29, 1.82) is 0 Å². The van der Waals surface area contributed by atoms with Crippen LogP contribution in [-0.4, -0.2) is 27.2 Å². The third-order valence-electron chi connectivity index (χ3n) is 4.23. The molecule has 2 aromatic carbocycles. The van der Waals surface area contributed by atoms with Gasteiger partial charge in [-0.05, 0) is 18.2 Å². The summed E-state index contributed by atoms with van der Waals surface area (Å²) in [7, 11) is 0. The summed E-state index contributed by atoms with van der Waals surface area (Å²) in [6, 6.07) is 3.47. The van der Waals surface area contributed by atoms with Gasteiger partial charge in [-0.25, -0.2) is 22.5 Å². The highest BCUT2D eigenvalue weighted by Crippen LogP contribution is 2.43. The molecule has 0 spiro atoms. The predicted molar refractivity (Wildman–Crippen MR) is 99.0 cm³/mol. The van der Waals surface area contributed by atoms with Crippen LogP contribution in [0.5, 0.6) is 0 Å². The van der Waals surface area contributed by atoms with E-state index in [1.54, 1.807) is 0 Å². The van der Waals surface area contributed by atoms with Crippen molar-refractivity contribution in [2.45, 2.75) is 23.1 Å². The number of fused-ring (bicyclic) bond motifs is 2. The molecule has 2 heterocycles. The van der Waals surface area contributed by atoms with Crippen LogP contribution in [0.25, 0.3) is 10.2 Å². The number of hydrogen-bond donors (Lipinski definition) is 1. The average Bonchev–Trinajstić information content (AvgIpc) is 3.07. The third kappa shape index (κ3) is 3.55. The van der Waals surface area contributed by atoms with Gasteiger partial charge >= 0.3 is 5.97 Å². The minimum atomic E-state index is -1.26. The second-order valence-electron chi connectivity index (χ2n) is 6.18. The summed E-state index contributed by atoms with van der Waals surface area (Å²) in [6.45, 7) is -0.316. The topological polar surface area (TPSA) is 70.5 Å². The number of amides is 1. The summed E-state index contributed by atoms with van der Waals surface area (Å²) in [6.07, 6.45) is -0.570. The molecule has 1 aliphatic rings. The number of carbonyl (C=O) groups is 2. The number of aromatic nitrogens is 1. The van der Waals surface area contributed by atoms with E-state index in [0.717, 1.165) is 34.4 Å². The molecule has 11 heteroatoms. The number of aliphatic carboxylic acids is 1. The fourth-order valence-corrected chi connectivity index (χ4v) is 5.16. The smallest absolute Gasteiger partial charge is 0.305 e. The predicted octanol–water partition coefficient (Wildman–Crippen LogP) is 4.33. The van der Waals surface area contributed by atoms with Crippen LogP contribution in [0.3, 0.4) is 0 Å². The number of benzene rings is 2. The molecule has 0 aliphatic carbocycles. The van der Waals surface area contributed by atoms with Crippen molar-refractivity contribution >= 4 is 50.9 Å². The average molecular weight is 442 g/mol. The van der Waals surface area contributed by atoms with Crippen LogP contribution in [0.2, 0.25) is 0 Å². The van der Waals surface area contributed by atoms with Gasteiger partial charge in [0.1, 0.15) is 28.0 Å². The van der Waals surface area contributed by atoms with Crippen LogP contribution in [0, 0.1) is 23.3 Å². The van der Waals surface area contributed by atoms with Crippen molar-refractivity contribution in [2.75, 3.05) is 4.90 Å². The number of carbonyl (C=O) groups excluding carboxylic acids is 1. The fourth-order valence-electron chi connectivity index (χ4n) is 2.99. The van der Waals surface area contributed by atoms with Crippen LogP contribution >= 0.6 is 23.1 Å². The Hall–Kier alpha value is -2.66. The molecule has 0 saturated carbocycles. The molecular formula is C18H10F4N2O3S2. The van der Waals surface area contributed by atoms with Gasteiger partial charge in [0.15, 0.2) is 5.82 Å². The summed E-state index contributed by atoms with van der Waals surface area (Å²) >= 11 is 1.50. The summed E-state index contributed by atoms with van der Waals surface area (Å²) < 4.78 is 55.9. The van der Waals surface area contributed by atoms with Crippen LogP contribution < -0.4 is 4.90 Å². The number of carboxylic acid groups (broad SMARTS) is 1. The molecular weight excluding hydrogens is 432 g/mol. The Bertz CT molecular complexity index is 1130. The molecule has 3 aromatic rings. The normalized spacial score (nSPS) is 16.3. The van der Waals surface area contributed by atoms with Crippen molar-refractivity contribution in [2.24, 2.45) is 0 Å². The first kappa shape index (κ1) is 19.6. The van der Waals surface area contributed by atoms with Gasteiger partial charge in [0.25, 0.3) is 0 Å². The zero-order valence-electron chi connectivity index (χ0n) is 14.3. The maximum atomic E-state index is 14.3. The van der Waals surface area contributed by atoms with Gasteiger partial charge in [0, 0.05) is 6.07 Å². The highest BCUT2D eigenvalue weighted by atomic mass is 32.2. The molecule has 0 fully saturated rings. The largest absolute Gasteiger partial charge is 0.481 e. The van der Waals surface area contributed by atoms with E-state index in [4.69, 9.17) is 5.11 Å². The lowest BCUT2D eigenvalue weighted by Gasteiger charge is -2.32. The van der Waals surface area contributed by atoms with E-state index < -0.39 is 46.8 Å². The first-order valence-electron chi connectivity index (χ1n) is 8.17. The second kappa shape index (κ2) is 7.30. The molecule has 0 saturated heterocycles. The van der Waals surface area contributed by atoms with Gasteiger partial charge in [-0.15, -0.1) is 23.1 Å². The fraction of sp³-hybridized carbons (Fsp3) is 0.167. The molecule has 0 radical (unpaired) electrons. The minimum absolute atomic E-state index is 0.0495. The Morgan fingerprint density at radius 2 is 1.86 bits per heavy atom. The molecule has 29 heavy (non-hydrogen) atoms. The molecule has 0 bridgehead atoms. The van der Waals surface area contributed by atoms with Crippen molar-refractivity contribution in [3.05, 3.63) is 52.5 Å². The Morgan fingerprint density at radius 3 is 2.55 bits per heavy atom. The molecule has 4 rings (SSSR count). The van der Waals surface area contributed by atoms with Crippen LogP contribution in [0.4, 0.5) is 23.2 Å². The number of anilines is 1. The zero-order valence-corrected chi connectivity index (χ0v) is 15.9. The van der Waals surface area contributed by atoms with Crippen LogP contribution in [-0.2, 0) is 16.1 Å². The summed E-state index contributed by atoms with van der Waals surface area (Å²) in [5, 5.41) is 8.04. The molecule has 1 aromatic heterocycles. The highest BCUT2D eigenvalue weighted by molar-refractivity contribution is 8.01. The van der Waals surface area contributed by atoms with Crippen molar-refractivity contribution < 1.29 is 32.3 Å². The van der Waals surface area contributed by atoms with E-state index in [0.29, 0.717) is 17.8 Å². The van der Waals surface area contributed by atoms with E-state index in [2.05, 4.69) is 4.98 Å². The second-order valence-corrected chi connectivity index (χ2v) is 8.48. The van der Waals surface area contributed by atoms with E-state index in [-0.39, 0.29) is 32.4 Å². The van der Waals surface area contributed by atoms with E-state index >= 15 is 0 Å². The number of halogens is 4. The van der Waals surface area contributed by atoms with E-state index in [1.165, 1.54) is 0 Å². The molecule has 1 aliphatic heterocycles. The van der Waals surface area contributed by atoms with E-state index in [9.17, 15) is 27.2 Å². The van der Waals surface area contributed by atoms with Gasteiger partial charge in [-0.3, -0.25) is 9.59 Å². The van der Waals surface area contributed by atoms with Crippen LogP contribution in [0.15, 0.2) is 29.2 Å². The van der Waals surface area contributed by atoms with E-state index in [1.807, 2.05) is 0 Å². The Balaban J connectivity index is 1.79. The number of hydrogen-bond acceptors (Lipinski definition) is 5. The Labute approximate surface area is 169 Å². The molecule has 1 unspecified atom stereocenters. The summed E-state index contributed by atoms with van der Waals surface area (Å²) in [5.74, 6) is -5.23. The Kier molecular flexibility index (Phi) is 4.95. The lowest BCUT2D eigenvalue weighted by atomic mass is 10.2. The lowest BCUT2D eigenvalue weighted by Crippen LogP contribution is -2.41. The molecule has 1 atom stereocenters. The number of thiazole rings is 1. The number of nitrogens with zero attached hydrogens (tertiary/aromatic N) is 2. The summed E-state index contributed by atoms with van der Waals surface area (Å²) in [4.78, 5) is 28.8. The van der Waals surface area contributed by atoms with Gasteiger partial charge in [0.05, 0.1) is 33.5 Å². The SMILES string of the molecule is O=C(O)CC1Sc2c(F)cc(F)cc2N(Cc2nc3c(F)ccc(F)c3s2)C1=O. The first-order valence-corrected chi connectivity index (χ1v) is 9.86. The number of rotatable bonds is 4. The maximum Gasteiger partial charge on any atom is 0.305 e. The van der Waals surface area contributed by atoms with Gasteiger partial charge < -0.3 is 10.0 Å². The molecule has 1 N–H and O–H groups in total. The molecule has 5 nitrogen and oxygen atoms in total. The van der Waals surface area contributed by atoms with Gasteiger partial charge in [-0.2, -0.15) is 0 Å². The van der Waals surface area contributed by atoms with Crippen molar-refractivity contribution in [3.63, 3.8) is 0 Å². The lowest BCUT2D eigenvalue weighted by molar-refractivity contribution is -0.138. The quantitative estimate of drug-likeness (QED) is 0.609. The van der Waals surface area contributed by atoms with Gasteiger partial charge in [0.2, 0.25) is 5.91 Å². The summed E-state index contributed by atoms with van der Waals surface area (Å²) in [5.41, 5.74) is -0.295. The maximum absolute atomic E-state index is 14.3.